The van der Waals surface area contributed by atoms with E-state index in [4.69, 9.17) is 11.6 Å². The molecule has 0 aliphatic carbocycles. The number of benzene rings is 2. The molecule has 0 saturated carbocycles. The highest BCUT2D eigenvalue weighted by Crippen LogP contribution is 2.33. The number of nitro benzene ring substituents is 2. The third kappa shape index (κ3) is 4.23. The lowest BCUT2D eigenvalue weighted by molar-refractivity contribution is -0.394. The van der Waals surface area contributed by atoms with Crippen LogP contribution in [0.15, 0.2) is 46.4 Å². The second-order valence-corrected chi connectivity index (χ2v) is 6.82. The predicted molar refractivity (Wildman–Crippen MR) is 90.8 cm³/mol. The Morgan fingerprint density at radius 1 is 1.12 bits per heavy atom. The van der Waals surface area contributed by atoms with Gasteiger partial charge in [0.05, 0.1) is 32.6 Å². The van der Waals surface area contributed by atoms with Crippen LogP contribution in [0.25, 0.3) is 0 Å². The van der Waals surface area contributed by atoms with Gasteiger partial charge < -0.3 is 5.11 Å². The molecule has 0 aliphatic rings. The van der Waals surface area contributed by atoms with Crippen molar-refractivity contribution in [3.63, 3.8) is 0 Å². The highest BCUT2D eigenvalue weighted by Gasteiger charge is 2.23. The van der Waals surface area contributed by atoms with E-state index in [0.717, 1.165) is 6.07 Å². The van der Waals surface area contributed by atoms with Gasteiger partial charge >= 0.3 is 5.69 Å². The van der Waals surface area contributed by atoms with Crippen molar-refractivity contribution < 1.29 is 23.4 Å². The molecule has 136 valence electrons. The van der Waals surface area contributed by atoms with Gasteiger partial charge in [-0.25, -0.2) is 4.83 Å². The molecule has 11 nitrogen and oxygen atoms in total. The fraction of sp³-hybridized carbons (Fsp3) is 0. The number of rotatable bonds is 6. The summed E-state index contributed by atoms with van der Waals surface area (Å²) >= 11 is 5.66. The number of sulfonamides is 1. The first-order valence-electron chi connectivity index (χ1n) is 6.58. The molecule has 0 radical (unpaired) electrons. The van der Waals surface area contributed by atoms with Crippen LogP contribution in [0.2, 0.25) is 5.02 Å². The first-order chi connectivity index (χ1) is 12.1. The highest BCUT2D eigenvalue weighted by atomic mass is 35.5. The Bertz CT molecular complexity index is 1010. The van der Waals surface area contributed by atoms with Crippen molar-refractivity contribution in [2.45, 2.75) is 4.90 Å². The third-order valence-corrected chi connectivity index (χ3v) is 4.50. The topological polar surface area (TPSA) is 165 Å². The summed E-state index contributed by atoms with van der Waals surface area (Å²) in [6.45, 7) is 0. The number of phenolic OH excluding ortho intramolecular Hbond substituents is 1. The first kappa shape index (κ1) is 19.1. The van der Waals surface area contributed by atoms with Crippen molar-refractivity contribution >= 4 is 39.2 Å². The minimum absolute atomic E-state index is 0.159. The SMILES string of the molecule is O=[N+]([O-])c1cc(/C=N/NS(=O)(=O)c2ccc(Cl)cc2)c(O)c([N+](=O)[O-])c1. The molecule has 0 bridgehead atoms. The van der Waals surface area contributed by atoms with Crippen molar-refractivity contribution in [1.29, 1.82) is 0 Å². The summed E-state index contributed by atoms with van der Waals surface area (Å²) in [5, 5.41) is 35.2. The Morgan fingerprint density at radius 3 is 2.27 bits per heavy atom. The van der Waals surface area contributed by atoms with E-state index >= 15 is 0 Å². The number of phenols is 1. The van der Waals surface area contributed by atoms with Crippen molar-refractivity contribution in [2.75, 3.05) is 0 Å². The lowest BCUT2D eigenvalue weighted by atomic mass is 10.1. The highest BCUT2D eigenvalue weighted by molar-refractivity contribution is 7.89. The molecule has 0 unspecified atom stereocenters. The smallest absolute Gasteiger partial charge is 0.318 e. The Hall–Kier alpha value is -3.25. The number of hydrazone groups is 1. The maximum absolute atomic E-state index is 12.0. The van der Waals surface area contributed by atoms with Gasteiger partial charge in [0.25, 0.3) is 15.7 Å². The van der Waals surface area contributed by atoms with Gasteiger partial charge in [0.1, 0.15) is 0 Å². The average molecular weight is 401 g/mol. The number of halogens is 1. The van der Waals surface area contributed by atoms with E-state index < -0.39 is 42.6 Å². The van der Waals surface area contributed by atoms with Crippen LogP contribution < -0.4 is 4.83 Å². The van der Waals surface area contributed by atoms with Crippen molar-refractivity contribution in [3.8, 4) is 5.75 Å². The number of aromatic hydroxyl groups is 1. The zero-order valence-corrected chi connectivity index (χ0v) is 14.1. The van der Waals surface area contributed by atoms with Gasteiger partial charge in [-0.1, -0.05) is 11.6 Å². The molecule has 0 aliphatic heterocycles. The van der Waals surface area contributed by atoms with Crippen LogP contribution in [-0.4, -0.2) is 29.6 Å². The average Bonchev–Trinajstić information content (AvgIpc) is 2.56. The Balaban J connectivity index is 2.34. The summed E-state index contributed by atoms with van der Waals surface area (Å²) in [7, 11) is -4.07. The lowest BCUT2D eigenvalue weighted by Gasteiger charge is -2.04. The number of nitrogens with zero attached hydrogens (tertiary/aromatic N) is 3. The maximum Gasteiger partial charge on any atom is 0.318 e. The van der Waals surface area contributed by atoms with Crippen LogP contribution in [0, 0.1) is 20.2 Å². The number of hydrogen-bond donors (Lipinski definition) is 2. The van der Waals surface area contributed by atoms with Crippen molar-refractivity contribution in [1.82, 2.24) is 4.83 Å². The van der Waals surface area contributed by atoms with E-state index in [2.05, 4.69) is 5.10 Å². The quantitative estimate of drug-likeness (QED) is 0.425. The maximum atomic E-state index is 12.0. The van der Waals surface area contributed by atoms with Gasteiger partial charge in [-0.2, -0.15) is 13.5 Å². The van der Waals surface area contributed by atoms with Gasteiger partial charge in [-0.3, -0.25) is 20.2 Å². The van der Waals surface area contributed by atoms with Gasteiger partial charge in [-0.05, 0) is 24.3 Å². The van der Waals surface area contributed by atoms with Crippen LogP contribution in [-0.2, 0) is 10.0 Å². The minimum Gasteiger partial charge on any atom is -0.502 e. The van der Waals surface area contributed by atoms with Crippen LogP contribution in [0.1, 0.15) is 5.56 Å². The lowest BCUT2D eigenvalue weighted by Crippen LogP contribution is -2.18. The summed E-state index contributed by atoms with van der Waals surface area (Å²) in [5.74, 6) is -0.893. The number of nitro groups is 2. The second-order valence-electron chi connectivity index (χ2n) is 4.72. The number of hydrogen-bond acceptors (Lipinski definition) is 8. The Morgan fingerprint density at radius 2 is 1.73 bits per heavy atom. The summed E-state index contributed by atoms with van der Waals surface area (Å²) in [4.78, 5) is 21.4. The fourth-order valence-electron chi connectivity index (χ4n) is 1.80. The monoisotopic (exact) mass is 400 g/mol. The first-order valence-corrected chi connectivity index (χ1v) is 8.44. The van der Waals surface area contributed by atoms with E-state index in [0.29, 0.717) is 17.3 Å². The van der Waals surface area contributed by atoms with Gasteiger partial charge in [0.15, 0.2) is 0 Å². The largest absolute Gasteiger partial charge is 0.502 e. The van der Waals surface area contributed by atoms with E-state index in [1.165, 1.54) is 24.3 Å². The standard InChI is InChI=1S/C13H9ClN4O7S/c14-9-1-3-11(4-2-9)26(24,25)16-15-7-8-5-10(17(20)21)6-12(13(8)19)18(22)23/h1-7,16,19H/b15-7+. The Labute approximate surface area is 150 Å². The normalized spacial score (nSPS) is 11.4. The molecule has 0 spiro atoms. The molecule has 26 heavy (non-hydrogen) atoms. The van der Waals surface area contributed by atoms with Crippen molar-refractivity contribution in [2.24, 2.45) is 5.10 Å². The van der Waals surface area contributed by atoms with Crippen molar-refractivity contribution in [3.05, 3.63) is 67.2 Å². The molecule has 2 aromatic rings. The van der Waals surface area contributed by atoms with Crippen LogP contribution >= 0.6 is 11.6 Å². The summed E-state index contributed by atoms with van der Waals surface area (Å²) in [6, 6.07) is 6.50. The third-order valence-electron chi connectivity index (χ3n) is 3.01. The van der Waals surface area contributed by atoms with E-state index in [1.807, 2.05) is 4.83 Å². The molecule has 0 heterocycles. The predicted octanol–water partition coefficient (Wildman–Crippen LogP) is 2.17. The fourth-order valence-corrected chi connectivity index (χ4v) is 2.72. The molecule has 0 fully saturated rings. The van der Waals surface area contributed by atoms with E-state index in [1.54, 1.807) is 0 Å². The molecule has 0 aromatic heterocycles. The van der Waals surface area contributed by atoms with Crippen LogP contribution in [0.3, 0.4) is 0 Å². The summed E-state index contributed by atoms with van der Waals surface area (Å²) in [5.41, 5.74) is -2.00. The zero-order valence-electron chi connectivity index (χ0n) is 12.6. The van der Waals surface area contributed by atoms with Gasteiger partial charge in [0.2, 0.25) is 5.75 Å². The van der Waals surface area contributed by atoms with Gasteiger partial charge in [0, 0.05) is 11.1 Å². The molecule has 2 N–H and O–H groups in total. The molecular formula is C13H9ClN4O7S. The van der Waals surface area contributed by atoms with Crippen LogP contribution in [0.5, 0.6) is 5.75 Å². The minimum atomic E-state index is -4.07. The van der Waals surface area contributed by atoms with E-state index in [9.17, 15) is 33.8 Å². The summed E-state index contributed by atoms with van der Waals surface area (Å²) < 4.78 is 24.0. The molecule has 2 rings (SSSR count). The van der Waals surface area contributed by atoms with Gasteiger partial charge in [-0.15, -0.1) is 0 Å². The Kier molecular flexibility index (Phi) is 5.38. The second kappa shape index (κ2) is 7.33. The molecular weight excluding hydrogens is 392 g/mol. The summed E-state index contributed by atoms with van der Waals surface area (Å²) in [6.07, 6.45) is 0.711. The molecule has 0 atom stereocenters. The molecule has 0 saturated heterocycles. The number of nitrogens with one attached hydrogen (secondary N) is 1. The van der Waals surface area contributed by atoms with E-state index in [-0.39, 0.29) is 4.90 Å². The zero-order chi connectivity index (χ0) is 19.5. The number of non-ortho nitro benzene ring substituents is 1. The van der Waals surface area contributed by atoms with Crippen LogP contribution in [0.4, 0.5) is 11.4 Å². The molecule has 13 heteroatoms. The molecule has 2 aromatic carbocycles. The molecule has 0 amide bonds.